The van der Waals surface area contributed by atoms with Crippen LogP contribution >= 0.6 is 23.1 Å². The van der Waals surface area contributed by atoms with Crippen molar-refractivity contribution in [2.24, 2.45) is 0 Å². The van der Waals surface area contributed by atoms with E-state index in [0.717, 1.165) is 46.9 Å². The maximum absolute atomic E-state index is 13.0. The minimum absolute atomic E-state index is 0.156. The first-order valence-corrected chi connectivity index (χ1v) is 10.7. The molecule has 5 nitrogen and oxygen atoms in total. The maximum atomic E-state index is 13.0. The number of fused-ring (bicyclic) bond motifs is 3. The highest BCUT2D eigenvalue weighted by atomic mass is 32.2. The molecule has 4 rings (SSSR count). The molecule has 0 radical (unpaired) electrons. The van der Waals surface area contributed by atoms with E-state index < -0.39 is 0 Å². The molecule has 0 aromatic carbocycles. The summed E-state index contributed by atoms with van der Waals surface area (Å²) in [7, 11) is 0. The van der Waals surface area contributed by atoms with E-state index in [2.05, 4.69) is 9.55 Å². The summed E-state index contributed by atoms with van der Waals surface area (Å²) in [6.07, 6.45) is 11.2. The van der Waals surface area contributed by atoms with Gasteiger partial charge in [-0.1, -0.05) is 11.8 Å². The second-order valence-electron chi connectivity index (χ2n) is 6.34. The molecule has 0 fully saturated rings. The summed E-state index contributed by atoms with van der Waals surface area (Å²) in [4.78, 5) is 24.3. The van der Waals surface area contributed by atoms with Gasteiger partial charge < -0.3 is 4.57 Å². The molecule has 0 N–H and O–H groups in total. The van der Waals surface area contributed by atoms with Crippen LogP contribution in [0.2, 0.25) is 0 Å². The molecule has 7 heteroatoms. The molecule has 0 saturated carbocycles. The molecule has 132 valence electrons. The minimum Gasteiger partial charge on any atom is -0.337 e. The van der Waals surface area contributed by atoms with Crippen molar-refractivity contribution in [1.82, 2.24) is 19.1 Å². The Morgan fingerprint density at radius 3 is 3.00 bits per heavy atom. The third-order valence-electron chi connectivity index (χ3n) is 4.71. The molecular formula is C18H22N4OS2. The first-order valence-electron chi connectivity index (χ1n) is 8.91. The SMILES string of the molecule is CCn1c(SCCCn2ccnc2)nc2sc3c(c2c1=O)CCCC3. The first-order chi connectivity index (χ1) is 12.3. The van der Waals surface area contributed by atoms with Gasteiger partial charge in [0.25, 0.3) is 5.56 Å². The van der Waals surface area contributed by atoms with E-state index in [-0.39, 0.29) is 5.56 Å². The van der Waals surface area contributed by atoms with Gasteiger partial charge in [-0.2, -0.15) is 0 Å². The summed E-state index contributed by atoms with van der Waals surface area (Å²) in [5.41, 5.74) is 1.44. The van der Waals surface area contributed by atoms with Crippen LogP contribution in [0.25, 0.3) is 10.2 Å². The average molecular weight is 375 g/mol. The van der Waals surface area contributed by atoms with Gasteiger partial charge in [-0.05, 0) is 44.6 Å². The van der Waals surface area contributed by atoms with Crippen molar-refractivity contribution in [1.29, 1.82) is 0 Å². The van der Waals surface area contributed by atoms with Crippen LogP contribution in [0.5, 0.6) is 0 Å². The second-order valence-corrected chi connectivity index (χ2v) is 8.48. The molecule has 3 heterocycles. The van der Waals surface area contributed by atoms with Crippen LogP contribution in [0.3, 0.4) is 0 Å². The van der Waals surface area contributed by atoms with Gasteiger partial charge in [0.1, 0.15) is 4.83 Å². The fourth-order valence-corrected chi connectivity index (χ4v) is 5.73. The fraction of sp³-hybridized carbons (Fsp3) is 0.500. The van der Waals surface area contributed by atoms with Crippen LogP contribution in [0.4, 0.5) is 0 Å². The Balaban J connectivity index is 1.58. The third-order valence-corrected chi connectivity index (χ3v) is 6.96. The van der Waals surface area contributed by atoms with Gasteiger partial charge in [0, 0.05) is 36.1 Å². The summed E-state index contributed by atoms with van der Waals surface area (Å²) in [5.74, 6) is 0.946. The first kappa shape index (κ1) is 16.8. The van der Waals surface area contributed by atoms with Crippen LogP contribution in [0.15, 0.2) is 28.7 Å². The summed E-state index contributed by atoms with van der Waals surface area (Å²) >= 11 is 3.43. The summed E-state index contributed by atoms with van der Waals surface area (Å²) in [5, 5.41) is 1.76. The van der Waals surface area contributed by atoms with Gasteiger partial charge in [-0.3, -0.25) is 9.36 Å². The lowest BCUT2D eigenvalue weighted by Gasteiger charge is -2.12. The summed E-state index contributed by atoms with van der Waals surface area (Å²) in [6, 6.07) is 0. The normalized spacial score (nSPS) is 14.1. The molecule has 0 unspecified atom stereocenters. The van der Waals surface area contributed by atoms with E-state index in [1.165, 1.54) is 23.3 Å². The van der Waals surface area contributed by atoms with Crippen molar-refractivity contribution in [3.05, 3.63) is 39.5 Å². The van der Waals surface area contributed by atoms with Gasteiger partial charge in [-0.15, -0.1) is 11.3 Å². The zero-order valence-electron chi connectivity index (χ0n) is 14.4. The van der Waals surface area contributed by atoms with Crippen molar-refractivity contribution < 1.29 is 0 Å². The number of aromatic nitrogens is 4. The highest BCUT2D eigenvalue weighted by molar-refractivity contribution is 7.99. The van der Waals surface area contributed by atoms with Crippen molar-refractivity contribution in [3.8, 4) is 0 Å². The molecule has 1 aliphatic rings. The molecule has 0 aliphatic heterocycles. The van der Waals surface area contributed by atoms with Crippen LogP contribution in [-0.2, 0) is 25.9 Å². The van der Waals surface area contributed by atoms with E-state index in [1.807, 2.05) is 24.0 Å². The monoisotopic (exact) mass is 374 g/mol. The largest absolute Gasteiger partial charge is 0.337 e. The van der Waals surface area contributed by atoms with Crippen molar-refractivity contribution in [2.75, 3.05) is 5.75 Å². The van der Waals surface area contributed by atoms with E-state index in [0.29, 0.717) is 6.54 Å². The van der Waals surface area contributed by atoms with Crippen LogP contribution < -0.4 is 5.56 Å². The highest BCUT2D eigenvalue weighted by Gasteiger charge is 2.21. The Bertz CT molecular complexity index is 927. The zero-order valence-corrected chi connectivity index (χ0v) is 16.0. The molecular weight excluding hydrogens is 352 g/mol. The molecule has 0 spiro atoms. The molecule has 25 heavy (non-hydrogen) atoms. The Hall–Kier alpha value is -1.60. The molecule has 0 atom stereocenters. The number of hydrogen-bond acceptors (Lipinski definition) is 5. The molecule has 0 amide bonds. The molecule has 0 saturated heterocycles. The third kappa shape index (κ3) is 3.27. The summed E-state index contributed by atoms with van der Waals surface area (Å²) in [6.45, 7) is 3.65. The molecule has 3 aromatic rings. The van der Waals surface area contributed by atoms with E-state index in [9.17, 15) is 4.79 Å². The Kier molecular flexibility index (Phi) is 4.94. The van der Waals surface area contributed by atoms with Crippen molar-refractivity contribution in [3.63, 3.8) is 0 Å². The van der Waals surface area contributed by atoms with Crippen LogP contribution in [0, 0.1) is 0 Å². The Labute approximate surface area is 155 Å². The highest BCUT2D eigenvalue weighted by Crippen LogP contribution is 2.34. The lowest BCUT2D eigenvalue weighted by atomic mass is 9.97. The minimum atomic E-state index is 0.156. The topological polar surface area (TPSA) is 52.7 Å². The number of nitrogens with zero attached hydrogens (tertiary/aromatic N) is 4. The number of hydrogen-bond donors (Lipinski definition) is 0. The van der Waals surface area contributed by atoms with Gasteiger partial charge >= 0.3 is 0 Å². The molecule has 0 bridgehead atoms. The standard InChI is InChI=1S/C18H22N4OS2/c1-2-22-17(23)15-13-6-3-4-7-14(13)25-16(15)20-18(22)24-11-5-9-21-10-8-19-12-21/h8,10,12H,2-7,9,11H2,1H3. The quantitative estimate of drug-likeness (QED) is 0.375. The maximum Gasteiger partial charge on any atom is 0.263 e. The van der Waals surface area contributed by atoms with Crippen molar-refractivity contribution in [2.45, 2.75) is 57.3 Å². The Morgan fingerprint density at radius 2 is 2.20 bits per heavy atom. The van der Waals surface area contributed by atoms with Crippen molar-refractivity contribution >= 4 is 33.3 Å². The van der Waals surface area contributed by atoms with Gasteiger partial charge in [0.05, 0.1) is 11.7 Å². The zero-order chi connectivity index (χ0) is 17.2. The van der Waals surface area contributed by atoms with Crippen LogP contribution in [0.1, 0.15) is 36.6 Å². The number of thioether (sulfide) groups is 1. The van der Waals surface area contributed by atoms with Gasteiger partial charge in [-0.25, -0.2) is 9.97 Å². The van der Waals surface area contributed by atoms with E-state index >= 15 is 0 Å². The summed E-state index contributed by atoms with van der Waals surface area (Å²) < 4.78 is 3.93. The molecule has 1 aliphatic carbocycles. The fourth-order valence-electron chi connectivity index (χ4n) is 3.44. The van der Waals surface area contributed by atoms with E-state index in [1.54, 1.807) is 29.3 Å². The number of aryl methyl sites for hydroxylation is 3. The smallest absolute Gasteiger partial charge is 0.263 e. The lowest BCUT2D eigenvalue weighted by molar-refractivity contribution is 0.631. The van der Waals surface area contributed by atoms with Gasteiger partial charge in [0.2, 0.25) is 0 Å². The van der Waals surface area contributed by atoms with Gasteiger partial charge in [0.15, 0.2) is 5.16 Å². The predicted octanol–water partition coefficient (Wildman–Crippen LogP) is 3.74. The van der Waals surface area contributed by atoms with E-state index in [4.69, 9.17) is 4.98 Å². The molecule has 3 aromatic heterocycles. The lowest BCUT2D eigenvalue weighted by Crippen LogP contribution is -2.23. The average Bonchev–Trinajstić information content (AvgIpc) is 3.26. The predicted molar refractivity (Wildman–Crippen MR) is 104 cm³/mol. The second kappa shape index (κ2) is 7.33. The Morgan fingerprint density at radius 1 is 1.32 bits per heavy atom. The number of thiophene rings is 1. The number of rotatable bonds is 6. The van der Waals surface area contributed by atoms with Crippen LogP contribution in [-0.4, -0.2) is 24.9 Å². The number of imidazole rings is 1.